The van der Waals surface area contributed by atoms with Gasteiger partial charge in [0.15, 0.2) is 5.65 Å². The van der Waals surface area contributed by atoms with Gasteiger partial charge in [0.05, 0.1) is 50.6 Å². The van der Waals surface area contributed by atoms with Crippen molar-refractivity contribution in [1.82, 2.24) is 24.3 Å². The summed E-state index contributed by atoms with van der Waals surface area (Å²) in [6.45, 7) is 1.42. The molecule has 1 aliphatic rings. The fourth-order valence-electron chi connectivity index (χ4n) is 4.17. The molecule has 0 radical (unpaired) electrons. The number of fused-ring (bicyclic) bond motifs is 1. The third-order valence-corrected chi connectivity index (χ3v) is 5.94. The van der Waals surface area contributed by atoms with Gasteiger partial charge in [0.2, 0.25) is 0 Å². The number of ether oxygens (including phenoxy) is 3. The molecule has 0 amide bonds. The predicted molar refractivity (Wildman–Crippen MR) is 128 cm³/mol. The Kier molecular flexibility index (Phi) is 6.27. The van der Waals surface area contributed by atoms with Gasteiger partial charge in [-0.3, -0.25) is 9.67 Å². The van der Waals surface area contributed by atoms with Crippen LogP contribution in [0.25, 0.3) is 22.4 Å². The SMILES string of the molecule is COc1cc(/N=c2\ccc3ncc(-c4cnn(C)c4)nc3n2CC2CCCCO2)cc(OC)c1. The van der Waals surface area contributed by atoms with Gasteiger partial charge in [-0.15, -0.1) is 0 Å². The van der Waals surface area contributed by atoms with Crippen LogP contribution in [0.4, 0.5) is 5.69 Å². The summed E-state index contributed by atoms with van der Waals surface area (Å²) in [5.41, 5.74) is 4.72. The van der Waals surface area contributed by atoms with Gasteiger partial charge in [-0.05, 0) is 31.4 Å². The molecule has 1 aliphatic heterocycles. The van der Waals surface area contributed by atoms with Gasteiger partial charge < -0.3 is 18.8 Å². The molecule has 5 rings (SSSR count). The fraction of sp³-hybridized carbons (Fsp3) is 0.360. The summed E-state index contributed by atoms with van der Waals surface area (Å²) in [5.74, 6) is 1.36. The van der Waals surface area contributed by atoms with Crippen molar-refractivity contribution in [2.75, 3.05) is 20.8 Å². The largest absolute Gasteiger partial charge is 0.497 e. The first-order valence-electron chi connectivity index (χ1n) is 11.4. The van der Waals surface area contributed by atoms with Crippen molar-refractivity contribution >= 4 is 16.9 Å². The average Bonchev–Trinajstić information content (AvgIpc) is 3.31. The summed E-state index contributed by atoms with van der Waals surface area (Å²) in [7, 11) is 5.15. The molecule has 1 fully saturated rings. The van der Waals surface area contributed by atoms with Gasteiger partial charge in [0.25, 0.3) is 0 Å². The second-order valence-corrected chi connectivity index (χ2v) is 8.34. The third kappa shape index (κ3) is 4.65. The van der Waals surface area contributed by atoms with Crippen LogP contribution in [0.15, 0.2) is 53.9 Å². The van der Waals surface area contributed by atoms with E-state index in [1.165, 1.54) is 0 Å². The molecule has 0 N–H and O–H groups in total. The van der Waals surface area contributed by atoms with Crippen LogP contribution in [-0.2, 0) is 18.3 Å². The van der Waals surface area contributed by atoms with Gasteiger partial charge in [0.1, 0.15) is 22.5 Å². The Morgan fingerprint density at radius 3 is 2.59 bits per heavy atom. The summed E-state index contributed by atoms with van der Waals surface area (Å²) in [6, 6.07) is 9.51. The zero-order valence-corrected chi connectivity index (χ0v) is 19.6. The van der Waals surface area contributed by atoms with Gasteiger partial charge >= 0.3 is 0 Å². The van der Waals surface area contributed by atoms with E-state index in [4.69, 9.17) is 24.2 Å². The predicted octanol–water partition coefficient (Wildman–Crippen LogP) is 3.65. The number of hydrogen-bond acceptors (Lipinski definition) is 7. The molecule has 0 aliphatic carbocycles. The molecule has 9 nitrogen and oxygen atoms in total. The lowest BCUT2D eigenvalue weighted by atomic mass is 10.1. The van der Waals surface area contributed by atoms with Crippen LogP contribution in [0.5, 0.6) is 11.5 Å². The van der Waals surface area contributed by atoms with Gasteiger partial charge in [-0.25, -0.2) is 9.98 Å². The summed E-state index contributed by atoms with van der Waals surface area (Å²) in [5, 5.41) is 4.27. The van der Waals surface area contributed by atoms with E-state index in [9.17, 15) is 0 Å². The molecular formula is C25H28N6O3. The summed E-state index contributed by atoms with van der Waals surface area (Å²) in [6.07, 6.45) is 8.87. The third-order valence-electron chi connectivity index (χ3n) is 5.94. The monoisotopic (exact) mass is 460 g/mol. The first-order valence-corrected chi connectivity index (χ1v) is 11.4. The Labute approximate surface area is 197 Å². The molecule has 3 aromatic heterocycles. The highest BCUT2D eigenvalue weighted by Gasteiger charge is 2.17. The summed E-state index contributed by atoms with van der Waals surface area (Å²) in [4.78, 5) is 14.6. The Balaban J connectivity index is 1.68. The number of aryl methyl sites for hydroxylation is 1. The number of nitrogens with zero attached hydrogens (tertiary/aromatic N) is 6. The highest BCUT2D eigenvalue weighted by molar-refractivity contribution is 5.73. The van der Waals surface area contributed by atoms with Gasteiger partial charge in [0, 0.05) is 43.6 Å². The number of hydrogen-bond donors (Lipinski definition) is 0. The number of benzene rings is 1. The molecular weight excluding hydrogens is 432 g/mol. The van der Waals surface area contributed by atoms with Crippen molar-refractivity contribution < 1.29 is 14.2 Å². The second kappa shape index (κ2) is 9.64. The number of pyridine rings is 1. The lowest BCUT2D eigenvalue weighted by molar-refractivity contribution is 0.00596. The van der Waals surface area contributed by atoms with Crippen LogP contribution in [-0.4, -0.2) is 51.2 Å². The lowest BCUT2D eigenvalue weighted by Gasteiger charge is -2.24. The minimum absolute atomic E-state index is 0.0991. The maximum atomic E-state index is 6.06. The van der Waals surface area contributed by atoms with Crippen LogP contribution < -0.4 is 15.0 Å². The maximum Gasteiger partial charge on any atom is 0.160 e. The maximum absolute atomic E-state index is 6.06. The van der Waals surface area contributed by atoms with E-state index in [-0.39, 0.29) is 6.10 Å². The molecule has 1 atom stereocenters. The minimum atomic E-state index is 0.0991. The molecule has 1 aromatic carbocycles. The molecule has 176 valence electrons. The molecule has 4 heterocycles. The Morgan fingerprint density at radius 1 is 1.09 bits per heavy atom. The first-order chi connectivity index (χ1) is 16.6. The summed E-state index contributed by atoms with van der Waals surface area (Å²) < 4.78 is 20.8. The highest BCUT2D eigenvalue weighted by atomic mass is 16.5. The topological polar surface area (TPSA) is 88.6 Å². The van der Waals surface area contributed by atoms with Crippen LogP contribution in [0, 0.1) is 0 Å². The fourth-order valence-corrected chi connectivity index (χ4v) is 4.17. The van der Waals surface area contributed by atoms with E-state index < -0.39 is 0 Å². The Hall–Kier alpha value is -3.72. The normalized spacial score (nSPS) is 16.7. The standard InChI is InChI=1S/C25H28N6O3/c1-30-15-17(13-27-30)23-14-26-22-7-8-24(28-18-10-20(32-2)12-21(11-18)33-3)31(25(22)29-23)16-19-6-4-5-9-34-19/h7-8,10-15,19H,4-6,9,16H2,1-3H3/b28-24+. The molecule has 4 aromatic rings. The van der Waals surface area contributed by atoms with E-state index in [1.54, 1.807) is 31.3 Å². The summed E-state index contributed by atoms with van der Waals surface area (Å²) >= 11 is 0. The zero-order valence-electron chi connectivity index (χ0n) is 19.6. The molecule has 34 heavy (non-hydrogen) atoms. The molecule has 1 unspecified atom stereocenters. The van der Waals surface area contributed by atoms with E-state index in [0.717, 1.165) is 59.5 Å². The lowest BCUT2D eigenvalue weighted by Crippen LogP contribution is -2.31. The Bertz CT molecular complexity index is 1350. The quantitative estimate of drug-likeness (QED) is 0.436. The molecule has 9 heteroatoms. The van der Waals surface area contributed by atoms with Crippen LogP contribution in [0.3, 0.4) is 0 Å². The van der Waals surface area contributed by atoms with E-state index in [0.29, 0.717) is 18.0 Å². The second-order valence-electron chi connectivity index (χ2n) is 8.34. The van der Waals surface area contributed by atoms with E-state index in [2.05, 4.69) is 14.6 Å². The van der Waals surface area contributed by atoms with Crippen molar-refractivity contribution in [3.8, 4) is 22.8 Å². The Morgan fingerprint density at radius 2 is 1.91 bits per heavy atom. The van der Waals surface area contributed by atoms with Crippen molar-refractivity contribution in [1.29, 1.82) is 0 Å². The number of rotatable bonds is 6. The van der Waals surface area contributed by atoms with Crippen LogP contribution >= 0.6 is 0 Å². The van der Waals surface area contributed by atoms with Crippen molar-refractivity contribution in [2.45, 2.75) is 31.9 Å². The highest BCUT2D eigenvalue weighted by Crippen LogP contribution is 2.27. The zero-order chi connectivity index (χ0) is 23.5. The van der Waals surface area contributed by atoms with Crippen LogP contribution in [0.2, 0.25) is 0 Å². The number of methoxy groups -OCH3 is 2. The van der Waals surface area contributed by atoms with Crippen molar-refractivity contribution in [2.24, 2.45) is 12.0 Å². The molecule has 1 saturated heterocycles. The van der Waals surface area contributed by atoms with Crippen molar-refractivity contribution in [3.63, 3.8) is 0 Å². The van der Waals surface area contributed by atoms with Crippen molar-refractivity contribution in [3.05, 3.63) is 54.4 Å². The van der Waals surface area contributed by atoms with E-state index in [1.807, 2.05) is 43.6 Å². The van der Waals surface area contributed by atoms with Gasteiger partial charge in [-0.2, -0.15) is 5.10 Å². The minimum Gasteiger partial charge on any atom is -0.497 e. The van der Waals surface area contributed by atoms with Crippen LogP contribution in [0.1, 0.15) is 19.3 Å². The average molecular weight is 461 g/mol. The van der Waals surface area contributed by atoms with Gasteiger partial charge in [-0.1, -0.05) is 0 Å². The first kappa shape index (κ1) is 22.1. The van der Waals surface area contributed by atoms with E-state index >= 15 is 0 Å². The number of aromatic nitrogens is 5. The smallest absolute Gasteiger partial charge is 0.160 e. The molecule has 0 bridgehead atoms. The molecule has 0 spiro atoms. The molecule has 0 saturated carbocycles.